The van der Waals surface area contributed by atoms with Gasteiger partial charge in [-0.15, -0.1) is 24.0 Å². The molecule has 0 radical (unpaired) electrons. The predicted molar refractivity (Wildman–Crippen MR) is 136 cm³/mol. The molecule has 0 bridgehead atoms. The number of likely N-dealkylation sites (tertiary alicyclic amines) is 1. The second-order valence-electron chi connectivity index (χ2n) is 8.75. The summed E-state index contributed by atoms with van der Waals surface area (Å²) in [6.07, 6.45) is 0. The molecule has 0 saturated carbocycles. The Morgan fingerprint density at radius 1 is 1.17 bits per heavy atom. The minimum atomic E-state index is 0. The smallest absolute Gasteiger partial charge is 0.191 e. The van der Waals surface area contributed by atoms with E-state index in [9.17, 15) is 0 Å². The highest BCUT2D eigenvalue weighted by atomic mass is 127. The van der Waals surface area contributed by atoms with E-state index in [-0.39, 0.29) is 24.0 Å². The molecule has 1 heterocycles. The molecule has 0 spiro atoms. The Hall–Kier alpha value is -0.860. The van der Waals surface area contributed by atoms with Crippen LogP contribution in [0.3, 0.4) is 0 Å². The fraction of sp³-hybridized carbons (Fsp3) is 0.696. The molecule has 6 heteroatoms. The van der Waals surface area contributed by atoms with Crippen LogP contribution in [0.4, 0.5) is 0 Å². The van der Waals surface area contributed by atoms with Crippen LogP contribution in [-0.4, -0.2) is 60.6 Å². The van der Waals surface area contributed by atoms with Crippen molar-refractivity contribution in [3.63, 3.8) is 0 Å². The molecular weight excluding hydrogens is 473 g/mol. The summed E-state index contributed by atoms with van der Waals surface area (Å²) in [7, 11) is 2.18. The number of nitrogens with zero attached hydrogens (tertiary/aromatic N) is 3. The number of halogens is 1. The molecular formula is C23H42IN5. The van der Waals surface area contributed by atoms with Gasteiger partial charge in [0.25, 0.3) is 0 Å². The first-order valence-electron chi connectivity index (χ1n) is 10.9. The second kappa shape index (κ2) is 12.7. The van der Waals surface area contributed by atoms with E-state index in [1.54, 1.807) is 0 Å². The van der Waals surface area contributed by atoms with Crippen LogP contribution in [0, 0.1) is 5.92 Å². The Kier molecular flexibility index (Phi) is 11.5. The first-order chi connectivity index (χ1) is 13.3. The number of guanidine groups is 1. The van der Waals surface area contributed by atoms with E-state index in [1.165, 1.54) is 11.1 Å². The van der Waals surface area contributed by atoms with E-state index in [4.69, 9.17) is 4.99 Å². The number of nitrogens with one attached hydrogen (secondary N) is 2. The zero-order valence-corrected chi connectivity index (χ0v) is 21.7. The molecule has 2 atom stereocenters. The first kappa shape index (κ1) is 26.2. The van der Waals surface area contributed by atoms with Crippen molar-refractivity contribution in [1.82, 2.24) is 20.4 Å². The maximum atomic E-state index is 4.92. The average molecular weight is 516 g/mol. The van der Waals surface area contributed by atoms with Crippen molar-refractivity contribution in [3.05, 3.63) is 35.4 Å². The van der Waals surface area contributed by atoms with Crippen molar-refractivity contribution in [2.24, 2.45) is 10.9 Å². The summed E-state index contributed by atoms with van der Waals surface area (Å²) in [6, 6.07) is 10.2. The van der Waals surface area contributed by atoms with Crippen molar-refractivity contribution in [2.75, 3.05) is 26.7 Å². The molecule has 0 aromatic heterocycles. The van der Waals surface area contributed by atoms with Gasteiger partial charge >= 0.3 is 0 Å². The molecule has 29 heavy (non-hydrogen) atoms. The first-order valence-corrected chi connectivity index (χ1v) is 10.9. The lowest BCUT2D eigenvalue weighted by atomic mass is 10.1. The third kappa shape index (κ3) is 8.06. The van der Waals surface area contributed by atoms with E-state index in [0.717, 1.165) is 32.1 Å². The van der Waals surface area contributed by atoms with Gasteiger partial charge in [-0.2, -0.15) is 0 Å². The van der Waals surface area contributed by atoms with E-state index in [0.29, 0.717) is 30.6 Å². The zero-order chi connectivity index (χ0) is 20.7. The molecule has 1 aliphatic rings. The third-order valence-electron chi connectivity index (χ3n) is 5.86. The van der Waals surface area contributed by atoms with Crippen LogP contribution in [0.2, 0.25) is 0 Å². The Labute approximate surface area is 195 Å². The molecule has 1 aromatic rings. The van der Waals surface area contributed by atoms with Crippen LogP contribution in [-0.2, 0) is 13.1 Å². The fourth-order valence-corrected chi connectivity index (χ4v) is 3.59. The van der Waals surface area contributed by atoms with Gasteiger partial charge in [0.1, 0.15) is 0 Å². The van der Waals surface area contributed by atoms with Gasteiger partial charge in [-0.05, 0) is 58.7 Å². The summed E-state index contributed by atoms with van der Waals surface area (Å²) in [5.74, 6) is 1.55. The van der Waals surface area contributed by atoms with Crippen molar-refractivity contribution in [2.45, 2.75) is 72.8 Å². The Balaban J connectivity index is 0.00000420. The average Bonchev–Trinajstić information content (AvgIpc) is 3.01. The summed E-state index contributed by atoms with van der Waals surface area (Å²) >= 11 is 0. The summed E-state index contributed by atoms with van der Waals surface area (Å²) in [4.78, 5) is 9.83. The van der Waals surface area contributed by atoms with Crippen molar-refractivity contribution < 1.29 is 0 Å². The molecule has 1 aliphatic heterocycles. The van der Waals surface area contributed by atoms with Gasteiger partial charge in [0.05, 0.1) is 6.54 Å². The maximum absolute atomic E-state index is 4.92. The van der Waals surface area contributed by atoms with Gasteiger partial charge in [0.2, 0.25) is 0 Å². The SMILES string of the molecule is CCNC(=NCc1ccccc1CN(C)C(C)C)NC1CN(C(C)C)CC1C.I. The molecule has 2 rings (SSSR count). The zero-order valence-electron chi connectivity index (χ0n) is 19.4. The molecule has 5 nitrogen and oxygen atoms in total. The molecule has 1 fully saturated rings. The molecule has 2 unspecified atom stereocenters. The molecule has 1 saturated heterocycles. The predicted octanol–water partition coefficient (Wildman–Crippen LogP) is 3.93. The highest BCUT2D eigenvalue weighted by Crippen LogP contribution is 2.19. The monoisotopic (exact) mass is 515 g/mol. The Morgan fingerprint density at radius 2 is 1.83 bits per heavy atom. The van der Waals surface area contributed by atoms with Gasteiger partial charge in [-0.3, -0.25) is 9.80 Å². The minimum absolute atomic E-state index is 0. The molecule has 0 amide bonds. The number of benzene rings is 1. The van der Waals surface area contributed by atoms with Crippen molar-refractivity contribution in [3.8, 4) is 0 Å². The van der Waals surface area contributed by atoms with Gasteiger partial charge in [0, 0.05) is 44.3 Å². The normalized spacial score (nSPS) is 20.4. The standard InChI is InChI=1S/C23H41N5.HI/c1-8-24-23(26-22-16-28(18(4)5)14-19(22)6)25-13-20-11-9-10-12-21(20)15-27(7)17(2)3;/h9-12,17-19,22H,8,13-16H2,1-7H3,(H2,24,25,26);1H. The van der Waals surface area contributed by atoms with Gasteiger partial charge in [0.15, 0.2) is 5.96 Å². The van der Waals surface area contributed by atoms with Gasteiger partial charge in [-0.1, -0.05) is 31.2 Å². The lowest BCUT2D eigenvalue weighted by Crippen LogP contribution is -2.46. The highest BCUT2D eigenvalue weighted by molar-refractivity contribution is 14.0. The summed E-state index contributed by atoms with van der Waals surface area (Å²) in [5.41, 5.74) is 2.66. The van der Waals surface area contributed by atoms with Crippen LogP contribution in [0.1, 0.15) is 52.7 Å². The van der Waals surface area contributed by atoms with Crippen LogP contribution >= 0.6 is 24.0 Å². The van der Waals surface area contributed by atoms with Gasteiger partial charge < -0.3 is 10.6 Å². The highest BCUT2D eigenvalue weighted by Gasteiger charge is 2.31. The van der Waals surface area contributed by atoms with Crippen molar-refractivity contribution >= 4 is 29.9 Å². The Morgan fingerprint density at radius 3 is 2.38 bits per heavy atom. The number of rotatable bonds is 8. The third-order valence-corrected chi connectivity index (χ3v) is 5.86. The largest absolute Gasteiger partial charge is 0.357 e. The van der Waals surface area contributed by atoms with Crippen LogP contribution in [0.5, 0.6) is 0 Å². The fourth-order valence-electron chi connectivity index (χ4n) is 3.59. The van der Waals surface area contributed by atoms with Crippen molar-refractivity contribution in [1.29, 1.82) is 0 Å². The van der Waals surface area contributed by atoms with E-state index in [1.807, 2.05) is 0 Å². The van der Waals surface area contributed by atoms with Gasteiger partial charge in [-0.25, -0.2) is 4.99 Å². The summed E-state index contributed by atoms with van der Waals surface area (Å²) in [5, 5.41) is 7.12. The lowest BCUT2D eigenvalue weighted by Gasteiger charge is -2.23. The number of hydrogen-bond acceptors (Lipinski definition) is 3. The maximum Gasteiger partial charge on any atom is 0.191 e. The molecule has 166 valence electrons. The Bertz CT molecular complexity index is 631. The van der Waals surface area contributed by atoms with E-state index >= 15 is 0 Å². The number of aliphatic imine (C=N–C) groups is 1. The summed E-state index contributed by atoms with van der Waals surface area (Å²) in [6.45, 7) is 18.2. The van der Waals surface area contributed by atoms with Crippen LogP contribution in [0.25, 0.3) is 0 Å². The topological polar surface area (TPSA) is 42.9 Å². The minimum Gasteiger partial charge on any atom is -0.357 e. The molecule has 1 aromatic carbocycles. The van der Waals surface area contributed by atoms with E-state index in [2.05, 4.69) is 93.3 Å². The van der Waals surface area contributed by atoms with Crippen LogP contribution in [0.15, 0.2) is 29.3 Å². The second-order valence-corrected chi connectivity index (χ2v) is 8.75. The lowest BCUT2D eigenvalue weighted by molar-refractivity contribution is 0.265. The quantitative estimate of drug-likeness (QED) is 0.313. The summed E-state index contributed by atoms with van der Waals surface area (Å²) < 4.78 is 0. The number of hydrogen-bond donors (Lipinski definition) is 2. The molecule has 0 aliphatic carbocycles. The van der Waals surface area contributed by atoms with Crippen LogP contribution < -0.4 is 10.6 Å². The molecule has 2 N–H and O–H groups in total. The van der Waals surface area contributed by atoms with E-state index < -0.39 is 0 Å².